The third-order valence-corrected chi connectivity index (χ3v) is 6.89. The Morgan fingerprint density at radius 3 is 2.08 bits per heavy atom. The molecular weight excluding hydrogens is 361 g/mol. The Hall–Kier alpha value is -0.500. The van der Waals surface area contributed by atoms with Gasteiger partial charge < -0.3 is 0 Å². The molecule has 0 heterocycles. The molecule has 2 aliphatic rings. The molecule has 1 nitrogen and oxygen atoms in total. The molecule has 1 aromatic rings. The summed E-state index contributed by atoms with van der Waals surface area (Å²) < 4.78 is 0. The lowest BCUT2D eigenvalue weighted by atomic mass is 9.84. The molecule has 0 unspecified atom stereocenters. The summed E-state index contributed by atoms with van der Waals surface area (Å²) in [6, 6.07) is 4.97. The molecule has 2 fully saturated rings. The Morgan fingerprint density at radius 2 is 1.50 bits per heavy atom. The van der Waals surface area contributed by atoms with E-state index in [1.807, 2.05) is 0 Å². The van der Waals surface area contributed by atoms with Crippen molar-refractivity contribution in [3.63, 3.8) is 0 Å². The second-order valence-corrected chi connectivity index (χ2v) is 8.83. The number of halogens is 2. The van der Waals surface area contributed by atoms with Gasteiger partial charge in [-0.1, -0.05) is 80.8 Å². The van der Waals surface area contributed by atoms with E-state index in [-0.39, 0.29) is 0 Å². The lowest BCUT2D eigenvalue weighted by molar-refractivity contribution is 0.181. The van der Waals surface area contributed by atoms with Gasteiger partial charge in [0.2, 0.25) is 0 Å². The Morgan fingerprint density at radius 1 is 0.923 bits per heavy atom. The van der Waals surface area contributed by atoms with Gasteiger partial charge in [-0.3, -0.25) is 4.90 Å². The van der Waals surface area contributed by atoms with Gasteiger partial charge in [-0.2, -0.15) is 0 Å². The molecule has 0 aliphatic heterocycles. The minimum absolute atomic E-state index is 0.545. The van der Waals surface area contributed by atoms with Gasteiger partial charge in [-0.25, -0.2) is 0 Å². The molecule has 1 aromatic carbocycles. The Balaban J connectivity index is 1.64. The molecule has 2 saturated carbocycles. The first kappa shape index (κ1) is 20.2. The van der Waals surface area contributed by atoms with Crippen LogP contribution in [0.2, 0.25) is 10.0 Å². The zero-order chi connectivity index (χ0) is 18.4. The Bertz CT molecular complexity index is 575. The van der Waals surface area contributed by atoms with E-state index in [9.17, 15) is 0 Å². The van der Waals surface area contributed by atoms with Crippen molar-refractivity contribution in [1.82, 2.24) is 4.90 Å². The minimum Gasteiger partial charge on any atom is -0.297 e. The van der Waals surface area contributed by atoms with Crippen molar-refractivity contribution in [1.29, 1.82) is 0 Å². The van der Waals surface area contributed by atoms with E-state index in [1.54, 1.807) is 0 Å². The molecule has 144 valence electrons. The van der Waals surface area contributed by atoms with E-state index in [4.69, 9.17) is 23.2 Å². The van der Waals surface area contributed by atoms with E-state index in [0.717, 1.165) is 34.7 Å². The Labute approximate surface area is 169 Å². The van der Waals surface area contributed by atoms with Gasteiger partial charge in [0.1, 0.15) is 0 Å². The molecule has 0 radical (unpaired) electrons. The fraction of sp³-hybridized carbons (Fsp3) is 0.652. The normalized spacial score (nSPS) is 20.3. The van der Waals surface area contributed by atoms with E-state index in [0.29, 0.717) is 5.92 Å². The molecule has 3 rings (SSSR count). The molecule has 0 atom stereocenters. The van der Waals surface area contributed by atoms with Crippen molar-refractivity contribution in [2.45, 2.75) is 83.1 Å². The van der Waals surface area contributed by atoms with Crippen molar-refractivity contribution in [3.05, 3.63) is 39.4 Å². The van der Waals surface area contributed by atoms with Gasteiger partial charge in [0, 0.05) is 22.6 Å². The summed E-state index contributed by atoms with van der Waals surface area (Å²) in [6.07, 6.45) is 17.8. The maximum absolute atomic E-state index is 6.63. The van der Waals surface area contributed by atoms with Gasteiger partial charge >= 0.3 is 0 Å². The van der Waals surface area contributed by atoms with Gasteiger partial charge in [-0.05, 0) is 61.4 Å². The smallest absolute Gasteiger partial charge is 0.0461 e. The number of nitrogens with zero attached hydrogens (tertiary/aromatic N) is 1. The van der Waals surface area contributed by atoms with Crippen LogP contribution < -0.4 is 0 Å². The van der Waals surface area contributed by atoms with Crippen LogP contribution in [-0.4, -0.2) is 24.0 Å². The zero-order valence-corrected chi connectivity index (χ0v) is 17.7. The van der Waals surface area contributed by atoms with Crippen molar-refractivity contribution in [2.24, 2.45) is 0 Å². The van der Waals surface area contributed by atoms with E-state index in [2.05, 4.69) is 36.1 Å². The maximum Gasteiger partial charge on any atom is 0.0461 e. The van der Waals surface area contributed by atoms with Gasteiger partial charge in [0.15, 0.2) is 0 Å². The fourth-order valence-electron chi connectivity index (χ4n) is 4.79. The predicted molar refractivity (Wildman–Crippen MR) is 115 cm³/mol. The molecule has 3 heteroatoms. The van der Waals surface area contributed by atoms with E-state index < -0.39 is 0 Å². The molecule has 26 heavy (non-hydrogen) atoms. The molecule has 2 aliphatic carbocycles. The summed E-state index contributed by atoms with van der Waals surface area (Å²) in [7, 11) is 0. The summed E-state index contributed by atoms with van der Waals surface area (Å²) in [5.41, 5.74) is 2.31. The number of hydrogen-bond donors (Lipinski definition) is 0. The standard InChI is InChI=1S/C23H33Cl2N/c1-2-26(20-13-7-4-8-14-20)15-9-10-18-16-21(24)23(22(25)17-18)19-11-5-3-6-12-19/h9-10,16-17,19-20H,2-8,11-15H2,1H3. The predicted octanol–water partition coefficient (Wildman–Crippen LogP) is 7.71. The lowest BCUT2D eigenvalue weighted by Crippen LogP contribution is -2.36. The number of rotatable bonds is 6. The molecule has 0 spiro atoms. The number of hydrogen-bond acceptors (Lipinski definition) is 1. The fourth-order valence-corrected chi connectivity index (χ4v) is 5.60. The molecule has 0 N–H and O–H groups in total. The van der Waals surface area contributed by atoms with Crippen LogP contribution in [0.5, 0.6) is 0 Å². The largest absolute Gasteiger partial charge is 0.297 e. The highest BCUT2D eigenvalue weighted by atomic mass is 35.5. The van der Waals surface area contributed by atoms with Gasteiger partial charge in [-0.15, -0.1) is 0 Å². The lowest BCUT2D eigenvalue weighted by Gasteiger charge is -2.32. The maximum atomic E-state index is 6.63. The second-order valence-electron chi connectivity index (χ2n) is 8.01. The average Bonchev–Trinajstić information content (AvgIpc) is 2.66. The summed E-state index contributed by atoms with van der Waals surface area (Å²) >= 11 is 13.3. The summed E-state index contributed by atoms with van der Waals surface area (Å²) in [6.45, 7) is 4.41. The van der Waals surface area contributed by atoms with Crippen LogP contribution >= 0.6 is 23.2 Å². The SMILES string of the molecule is CCN(CC=Cc1cc(Cl)c(C2CCCCC2)c(Cl)c1)C1CCCCC1. The summed E-state index contributed by atoms with van der Waals surface area (Å²) in [4.78, 5) is 2.61. The molecule has 0 saturated heterocycles. The second kappa shape index (κ2) is 10.2. The molecule has 0 bridgehead atoms. The van der Waals surface area contributed by atoms with Gasteiger partial charge in [0.05, 0.1) is 0 Å². The summed E-state index contributed by atoms with van der Waals surface area (Å²) in [5.74, 6) is 0.545. The quantitative estimate of drug-likeness (QED) is 0.478. The average molecular weight is 394 g/mol. The first-order chi connectivity index (χ1) is 12.7. The van der Waals surface area contributed by atoms with Crippen molar-refractivity contribution in [3.8, 4) is 0 Å². The van der Waals surface area contributed by atoms with Crippen LogP contribution in [0.4, 0.5) is 0 Å². The minimum atomic E-state index is 0.545. The zero-order valence-electron chi connectivity index (χ0n) is 16.2. The van der Waals surface area contributed by atoms with Crippen LogP contribution in [0.3, 0.4) is 0 Å². The van der Waals surface area contributed by atoms with Crippen molar-refractivity contribution in [2.75, 3.05) is 13.1 Å². The topological polar surface area (TPSA) is 3.24 Å². The van der Waals surface area contributed by atoms with Crippen molar-refractivity contribution < 1.29 is 0 Å². The first-order valence-electron chi connectivity index (χ1n) is 10.6. The molecular formula is C23H33Cl2N. The van der Waals surface area contributed by atoms with Crippen LogP contribution in [0.15, 0.2) is 18.2 Å². The highest BCUT2D eigenvalue weighted by molar-refractivity contribution is 6.36. The van der Waals surface area contributed by atoms with Crippen LogP contribution in [0.1, 0.15) is 88.2 Å². The van der Waals surface area contributed by atoms with Crippen LogP contribution in [-0.2, 0) is 0 Å². The first-order valence-corrected chi connectivity index (χ1v) is 11.3. The highest BCUT2D eigenvalue weighted by Gasteiger charge is 2.21. The highest BCUT2D eigenvalue weighted by Crippen LogP contribution is 2.40. The van der Waals surface area contributed by atoms with Gasteiger partial charge in [0.25, 0.3) is 0 Å². The van der Waals surface area contributed by atoms with E-state index >= 15 is 0 Å². The summed E-state index contributed by atoms with van der Waals surface area (Å²) in [5, 5.41) is 1.70. The Kier molecular flexibility index (Phi) is 7.91. The monoisotopic (exact) mass is 393 g/mol. The molecule has 0 amide bonds. The molecule has 0 aromatic heterocycles. The van der Waals surface area contributed by atoms with Crippen molar-refractivity contribution >= 4 is 29.3 Å². The third-order valence-electron chi connectivity index (χ3n) is 6.26. The number of likely N-dealkylation sites (N-methyl/N-ethyl adjacent to an activating group) is 1. The number of benzene rings is 1. The van der Waals surface area contributed by atoms with Crippen LogP contribution in [0, 0.1) is 0 Å². The third kappa shape index (κ3) is 5.27. The van der Waals surface area contributed by atoms with Crippen LogP contribution in [0.25, 0.3) is 6.08 Å². The van der Waals surface area contributed by atoms with E-state index in [1.165, 1.54) is 69.8 Å².